The lowest BCUT2D eigenvalue weighted by atomic mass is 9.97. The molecule has 0 aliphatic carbocycles. The third kappa shape index (κ3) is 2.96. The third-order valence-corrected chi connectivity index (χ3v) is 3.51. The van der Waals surface area contributed by atoms with Crippen molar-refractivity contribution in [2.45, 2.75) is 13.0 Å². The van der Waals surface area contributed by atoms with E-state index in [9.17, 15) is 9.50 Å². The Morgan fingerprint density at radius 1 is 1.16 bits per heavy atom. The van der Waals surface area contributed by atoms with Gasteiger partial charge in [0.25, 0.3) is 0 Å². The van der Waals surface area contributed by atoms with Gasteiger partial charge < -0.3 is 9.84 Å². The molecule has 2 aromatic carbocycles. The van der Waals surface area contributed by atoms with E-state index in [0.717, 1.165) is 4.47 Å². The third-order valence-electron chi connectivity index (χ3n) is 3.02. The number of hydrogen-bond donors (Lipinski definition) is 1. The SMILES string of the molecule is COc1cc(Br)ccc1C(O)c1ccc(F)cc1C. The van der Waals surface area contributed by atoms with Crippen molar-refractivity contribution in [3.63, 3.8) is 0 Å². The second kappa shape index (κ2) is 5.72. The highest BCUT2D eigenvalue weighted by molar-refractivity contribution is 9.10. The standard InChI is InChI=1S/C15H14BrFO2/c1-9-7-11(17)4-6-12(9)15(18)13-5-3-10(16)8-14(13)19-2/h3-8,15,18H,1-2H3. The Bertz CT molecular complexity index is 599. The van der Waals surface area contributed by atoms with Crippen molar-refractivity contribution in [3.05, 3.63) is 63.4 Å². The molecule has 0 aromatic heterocycles. The van der Waals surface area contributed by atoms with Crippen LogP contribution >= 0.6 is 15.9 Å². The van der Waals surface area contributed by atoms with Crippen LogP contribution in [0, 0.1) is 12.7 Å². The van der Waals surface area contributed by atoms with Crippen LogP contribution in [-0.2, 0) is 0 Å². The second-order valence-corrected chi connectivity index (χ2v) is 5.21. The number of aliphatic hydroxyl groups is 1. The number of aryl methyl sites for hydroxylation is 1. The van der Waals surface area contributed by atoms with E-state index < -0.39 is 6.10 Å². The number of aliphatic hydroxyl groups excluding tert-OH is 1. The molecule has 0 saturated carbocycles. The molecule has 1 N–H and O–H groups in total. The molecular formula is C15H14BrFO2. The van der Waals surface area contributed by atoms with Crippen LogP contribution in [0.3, 0.4) is 0 Å². The van der Waals surface area contributed by atoms with Gasteiger partial charge in [-0.3, -0.25) is 0 Å². The van der Waals surface area contributed by atoms with Gasteiger partial charge in [-0.2, -0.15) is 0 Å². The number of benzene rings is 2. The molecule has 0 bridgehead atoms. The Kier molecular flexibility index (Phi) is 4.22. The van der Waals surface area contributed by atoms with Crippen LogP contribution in [0.2, 0.25) is 0 Å². The molecule has 0 saturated heterocycles. The number of methoxy groups -OCH3 is 1. The summed E-state index contributed by atoms with van der Waals surface area (Å²) in [5, 5.41) is 10.4. The lowest BCUT2D eigenvalue weighted by Gasteiger charge is -2.17. The van der Waals surface area contributed by atoms with Crippen LogP contribution in [0.4, 0.5) is 4.39 Å². The average molecular weight is 325 g/mol. The Balaban J connectivity index is 2.46. The van der Waals surface area contributed by atoms with Crippen molar-refractivity contribution in [1.82, 2.24) is 0 Å². The fraction of sp³-hybridized carbons (Fsp3) is 0.200. The fourth-order valence-electron chi connectivity index (χ4n) is 2.02. The van der Waals surface area contributed by atoms with Crippen molar-refractivity contribution in [3.8, 4) is 5.75 Å². The molecule has 0 heterocycles. The predicted molar refractivity (Wildman–Crippen MR) is 75.9 cm³/mol. The van der Waals surface area contributed by atoms with Gasteiger partial charge in [0.15, 0.2) is 0 Å². The van der Waals surface area contributed by atoms with E-state index in [2.05, 4.69) is 15.9 Å². The number of halogens is 2. The molecule has 19 heavy (non-hydrogen) atoms. The van der Waals surface area contributed by atoms with Gasteiger partial charge in [0, 0.05) is 10.0 Å². The maximum Gasteiger partial charge on any atom is 0.126 e. The Morgan fingerprint density at radius 2 is 1.84 bits per heavy atom. The zero-order valence-electron chi connectivity index (χ0n) is 10.7. The molecule has 2 rings (SSSR count). The summed E-state index contributed by atoms with van der Waals surface area (Å²) < 4.78 is 19.2. The van der Waals surface area contributed by atoms with Gasteiger partial charge in [0.2, 0.25) is 0 Å². The van der Waals surface area contributed by atoms with Gasteiger partial charge >= 0.3 is 0 Å². The lowest BCUT2D eigenvalue weighted by Crippen LogP contribution is -2.04. The molecule has 1 unspecified atom stereocenters. The van der Waals surface area contributed by atoms with E-state index in [1.54, 1.807) is 32.2 Å². The van der Waals surface area contributed by atoms with Gasteiger partial charge in [-0.05, 0) is 42.3 Å². The van der Waals surface area contributed by atoms with Crippen molar-refractivity contribution in [2.24, 2.45) is 0 Å². The topological polar surface area (TPSA) is 29.5 Å². The van der Waals surface area contributed by atoms with Gasteiger partial charge in [-0.25, -0.2) is 4.39 Å². The monoisotopic (exact) mass is 324 g/mol. The summed E-state index contributed by atoms with van der Waals surface area (Å²) in [7, 11) is 1.55. The molecule has 1 atom stereocenters. The molecule has 4 heteroatoms. The largest absolute Gasteiger partial charge is 0.496 e. The number of hydrogen-bond acceptors (Lipinski definition) is 2. The normalized spacial score (nSPS) is 12.3. The number of ether oxygens (including phenoxy) is 1. The van der Waals surface area contributed by atoms with Crippen LogP contribution in [0.1, 0.15) is 22.8 Å². The van der Waals surface area contributed by atoms with Crippen LogP contribution in [0.5, 0.6) is 5.75 Å². The molecule has 0 aliphatic heterocycles. The fourth-order valence-corrected chi connectivity index (χ4v) is 2.36. The molecule has 0 spiro atoms. The zero-order valence-corrected chi connectivity index (χ0v) is 12.2. The quantitative estimate of drug-likeness (QED) is 0.925. The molecule has 100 valence electrons. The zero-order chi connectivity index (χ0) is 14.0. The van der Waals surface area contributed by atoms with Gasteiger partial charge in [-0.1, -0.05) is 28.1 Å². The van der Waals surface area contributed by atoms with E-state index in [1.807, 2.05) is 6.07 Å². The molecule has 0 radical (unpaired) electrons. The highest BCUT2D eigenvalue weighted by atomic mass is 79.9. The van der Waals surface area contributed by atoms with Crippen molar-refractivity contribution < 1.29 is 14.2 Å². The summed E-state index contributed by atoms with van der Waals surface area (Å²) >= 11 is 3.36. The molecule has 0 aliphatic rings. The highest BCUT2D eigenvalue weighted by Crippen LogP contribution is 2.33. The molecule has 0 amide bonds. The summed E-state index contributed by atoms with van der Waals surface area (Å²) in [5.74, 6) is 0.279. The first-order valence-corrected chi connectivity index (χ1v) is 6.59. The van der Waals surface area contributed by atoms with Crippen LogP contribution in [0.25, 0.3) is 0 Å². The van der Waals surface area contributed by atoms with E-state index in [-0.39, 0.29) is 5.82 Å². The average Bonchev–Trinajstić information content (AvgIpc) is 2.37. The van der Waals surface area contributed by atoms with Crippen LogP contribution < -0.4 is 4.74 Å². The summed E-state index contributed by atoms with van der Waals surface area (Å²) in [6.07, 6.45) is -0.844. The van der Waals surface area contributed by atoms with Crippen molar-refractivity contribution in [2.75, 3.05) is 7.11 Å². The highest BCUT2D eigenvalue weighted by Gasteiger charge is 2.17. The van der Waals surface area contributed by atoms with Crippen molar-refractivity contribution >= 4 is 15.9 Å². The smallest absolute Gasteiger partial charge is 0.126 e. The predicted octanol–water partition coefficient (Wildman–Crippen LogP) is 3.99. The summed E-state index contributed by atoms with van der Waals surface area (Å²) in [6.45, 7) is 1.77. The minimum atomic E-state index is -0.844. The Morgan fingerprint density at radius 3 is 2.47 bits per heavy atom. The lowest BCUT2D eigenvalue weighted by molar-refractivity contribution is 0.214. The first kappa shape index (κ1) is 14.0. The first-order chi connectivity index (χ1) is 9.02. The van der Waals surface area contributed by atoms with E-state index in [4.69, 9.17) is 4.74 Å². The maximum atomic E-state index is 13.1. The van der Waals surface area contributed by atoms with E-state index in [1.165, 1.54) is 12.1 Å². The summed E-state index contributed by atoms with van der Waals surface area (Å²) in [4.78, 5) is 0. The van der Waals surface area contributed by atoms with Gasteiger partial charge in [0.05, 0.1) is 7.11 Å². The minimum Gasteiger partial charge on any atom is -0.496 e. The van der Waals surface area contributed by atoms with Gasteiger partial charge in [0.1, 0.15) is 17.7 Å². The van der Waals surface area contributed by atoms with Crippen LogP contribution in [-0.4, -0.2) is 12.2 Å². The van der Waals surface area contributed by atoms with Gasteiger partial charge in [-0.15, -0.1) is 0 Å². The maximum absolute atomic E-state index is 13.1. The molecule has 0 fully saturated rings. The second-order valence-electron chi connectivity index (χ2n) is 4.29. The van der Waals surface area contributed by atoms with Crippen LogP contribution in [0.15, 0.2) is 40.9 Å². The summed E-state index contributed by atoms with van der Waals surface area (Å²) in [6, 6.07) is 9.76. The minimum absolute atomic E-state index is 0.309. The van der Waals surface area contributed by atoms with E-state index in [0.29, 0.717) is 22.4 Å². The molecule has 2 nitrogen and oxygen atoms in total. The summed E-state index contributed by atoms with van der Waals surface area (Å²) in [5.41, 5.74) is 2.03. The Labute approximate surface area is 120 Å². The first-order valence-electron chi connectivity index (χ1n) is 5.80. The van der Waals surface area contributed by atoms with Crippen molar-refractivity contribution in [1.29, 1.82) is 0 Å². The Hall–Kier alpha value is -1.39. The molecule has 2 aromatic rings. The van der Waals surface area contributed by atoms with E-state index >= 15 is 0 Å². The molecular weight excluding hydrogens is 311 g/mol. The number of rotatable bonds is 3.